The van der Waals surface area contributed by atoms with Gasteiger partial charge < -0.3 is 24.6 Å². The molecule has 0 spiro atoms. The van der Waals surface area contributed by atoms with Crippen molar-refractivity contribution >= 4 is 11.8 Å². The Bertz CT molecular complexity index is 756. The maximum Gasteiger partial charge on any atom is 0.260 e. The second-order valence-corrected chi connectivity index (χ2v) is 9.31. The average Bonchev–Trinajstić information content (AvgIpc) is 2.84. The van der Waals surface area contributed by atoms with Crippen LogP contribution in [0.5, 0.6) is 11.5 Å². The molecule has 2 aliphatic rings. The summed E-state index contributed by atoms with van der Waals surface area (Å²) in [6.07, 6.45) is 7.94. The quantitative estimate of drug-likeness (QED) is 0.511. The molecule has 0 unspecified atom stereocenters. The molecule has 2 heterocycles. The van der Waals surface area contributed by atoms with Crippen LogP contribution in [0.4, 0.5) is 0 Å². The molecule has 1 aromatic rings. The van der Waals surface area contributed by atoms with Crippen LogP contribution in [-0.4, -0.2) is 74.1 Å². The van der Waals surface area contributed by atoms with E-state index in [0.717, 1.165) is 51.2 Å². The van der Waals surface area contributed by atoms with E-state index < -0.39 is 0 Å². The molecule has 0 aliphatic carbocycles. The summed E-state index contributed by atoms with van der Waals surface area (Å²) in [5.74, 6) is 1.73. The van der Waals surface area contributed by atoms with Crippen LogP contribution in [0.1, 0.15) is 69.2 Å². The predicted molar refractivity (Wildman–Crippen MR) is 130 cm³/mol. The molecule has 184 valence electrons. The van der Waals surface area contributed by atoms with Crippen LogP contribution in [0, 0.1) is 5.92 Å². The van der Waals surface area contributed by atoms with Crippen LogP contribution in [0.2, 0.25) is 0 Å². The van der Waals surface area contributed by atoms with Crippen molar-refractivity contribution < 1.29 is 19.1 Å². The molecule has 0 saturated carbocycles. The number of likely N-dealkylation sites (tertiary alicyclic amines) is 2. The van der Waals surface area contributed by atoms with E-state index in [1.54, 1.807) is 18.2 Å². The minimum Gasteiger partial charge on any atom is -0.490 e. The SMILES string of the molecule is CCOc1cc(C(=O)NCCCCN2CCC(C)CC2)ccc1OCC(=O)N1CCCCC1. The number of ether oxygens (including phenoxy) is 2. The van der Waals surface area contributed by atoms with Gasteiger partial charge in [0.25, 0.3) is 11.8 Å². The van der Waals surface area contributed by atoms with Gasteiger partial charge >= 0.3 is 0 Å². The molecule has 1 aromatic carbocycles. The van der Waals surface area contributed by atoms with Gasteiger partial charge in [-0.05, 0) is 95.6 Å². The zero-order valence-corrected chi connectivity index (χ0v) is 20.4. The van der Waals surface area contributed by atoms with E-state index in [4.69, 9.17) is 9.47 Å². The zero-order valence-electron chi connectivity index (χ0n) is 20.4. The molecular formula is C26H41N3O4. The van der Waals surface area contributed by atoms with Crippen molar-refractivity contribution in [3.8, 4) is 11.5 Å². The number of rotatable bonds is 11. The summed E-state index contributed by atoms with van der Waals surface area (Å²) in [6.45, 7) is 10.4. The lowest BCUT2D eigenvalue weighted by atomic mass is 9.99. The number of hydrogen-bond donors (Lipinski definition) is 1. The molecule has 2 saturated heterocycles. The van der Waals surface area contributed by atoms with E-state index in [1.165, 1.54) is 32.4 Å². The summed E-state index contributed by atoms with van der Waals surface area (Å²) in [4.78, 5) is 29.4. The highest BCUT2D eigenvalue weighted by Gasteiger charge is 2.19. The first-order valence-electron chi connectivity index (χ1n) is 12.7. The Kier molecular flexibility index (Phi) is 10.3. The first kappa shape index (κ1) is 25.3. The van der Waals surface area contributed by atoms with Gasteiger partial charge in [0.05, 0.1) is 6.61 Å². The van der Waals surface area contributed by atoms with Crippen LogP contribution in [0.25, 0.3) is 0 Å². The minimum absolute atomic E-state index is 0.00182. The molecule has 1 N–H and O–H groups in total. The highest BCUT2D eigenvalue weighted by molar-refractivity contribution is 5.94. The number of benzene rings is 1. The summed E-state index contributed by atoms with van der Waals surface area (Å²) in [7, 11) is 0. The Morgan fingerprint density at radius 2 is 1.76 bits per heavy atom. The fraction of sp³-hybridized carbons (Fsp3) is 0.692. The first-order valence-corrected chi connectivity index (χ1v) is 12.7. The Hall–Kier alpha value is -2.28. The highest BCUT2D eigenvalue weighted by atomic mass is 16.5. The van der Waals surface area contributed by atoms with E-state index >= 15 is 0 Å². The van der Waals surface area contributed by atoms with Crippen LogP contribution < -0.4 is 14.8 Å². The van der Waals surface area contributed by atoms with Crippen molar-refractivity contribution in [3.63, 3.8) is 0 Å². The standard InChI is InChI=1S/C26H41N3O4/c1-3-32-24-19-22(9-10-23(24)33-20-25(30)29-15-6-4-7-16-29)26(31)27-13-5-8-14-28-17-11-21(2)12-18-28/h9-10,19,21H,3-8,11-18,20H2,1-2H3,(H,27,31). The molecule has 0 bridgehead atoms. The number of carbonyl (C=O) groups is 2. The minimum atomic E-state index is -0.112. The van der Waals surface area contributed by atoms with Crippen molar-refractivity contribution in [1.82, 2.24) is 15.1 Å². The number of unbranched alkanes of at least 4 members (excludes halogenated alkanes) is 1. The van der Waals surface area contributed by atoms with Gasteiger partial charge in [0, 0.05) is 25.2 Å². The van der Waals surface area contributed by atoms with Gasteiger partial charge in [-0.2, -0.15) is 0 Å². The molecule has 0 radical (unpaired) electrons. The Morgan fingerprint density at radius 1 is 1.00 bits per heavy atom. The van der Waals surface area contributed by atoms with Crippen molar-refractivity contribution in [3.05, 3.63) is 23.8 Å². The number of carbonyl (C=O) groups excluding carboxylic acids is 2. The monoisotopic (exact) mass is 459 g/mol. The molecule has 7 nitrogen and oxygen atoms in total. The zero-order chi connectivity index (χ0) is 23.5. The molecule has 0 atom stereocenters. The lowest BCUT2D eigenvalue weighted by Gasteiger charge is -2.30. The van der Waals surface area contributed by atoms with Crippen LogP contribution >= 0.6 is 0 Å². The number of hydrogen-bond acceptors (Lipinski definition) is 5. The molecule has 0 aromatic heterocycles. The maximum atomic E-state index is 12.6. The van der Waals surface area contributed by atoms with Crippen LogP contribution in [0.15, 0.2) is 18.2 Å². The highest BCUT2D eigenvalue weighted by Crippen LogP contribution is 2.29. The Labute approximate surface area is 198 Å². The maximum absolute atomic E-state index is 12.6. The molecule has 2 fully saturated rings. The normalized spacial score (nSPS) is 17.6. The Balaban J connectivity index is 1.43. The van der Waals surface area contributed by atoms with Gasteiger partial charge in [0.1, 0.15) is 0 Å². The van der Waals surface area contributed by atoms with E-state index in [1.807, 2.05) is 11.8 Å². The third-order valence-electron chi connectivity index (χ3n) is 6.63. The molecular weight excluding hydrogens is 418 g/mol. The van der Waals surface area contributed by atoms with Crippen molar-refractivity contribution in [2.24, 2.45) is 5.92 Å². The average molecular weight is 460 g/mol. The first-order chi connectivity index (χ1) is 16.1. The van der Waals surface area contributed by atoms with Gasteiger partial charge in [-0.3, -0.25) is 9.59 Å². The summed E-state index contributed by atoms with van der Waals surface area (Å²) in [5, 5.41) is 3.01. The van der Waals surface area contributed by atoms with Gasteiger partial charge in [-0.25, -0.2) is 0 Å². The smallest absolute Gasteiger partial charge is 0.260 e. The molecule has 33 heavy (non-hydrogen) atoms. The molecule has 2 amide bonds. The van der Waals surface area contributed by atoms with E-state index in [2.05, 4.69) is 17.1 Å². The fourth-order valence-corrected chi connectivity index (χ4v) is 4.46. The number of nitrogens with zero attached hydrogens (tertiary/aromatic N) is 2. The number of amides is 2. The summed E-state index contributed by atoms with van der Waals surface area (Å²) >= 11 is 0. The predicted octanol–water partition coefficient (Wildman–Crippen LogP) is 3.72. The lowest BCUT2D eigenvalue weighted by molar-refractivity contribution is -0.134. The molecule has 2 aliphatic heterocycles. The second kappa shape index (κ2) is 13.4. The number of piperidine rings is 2. The van der Waals surface area contributed by atoms with Gasteiger partial charge in [-0.1, -0.05) is 6.92 Å². The van der Waals surface area contributed by atoms with Crippen molar-refractivity contribution in [2.45, 2.75) is 58.8 Å². The van der Waals surface area contributed by atoms with E-state index in [9.17, 15) is 9.59 Å². The fourth-order valence-electron chi connectivity index (χ4n) is 4.46. The topological polar surface area (TPSA) is 71.1 Å². The van der Waals surface area contributed by atoms with Crippen LogP contribution in [-0.2, 0) is 4.79 Å². The lowest BCUT2D eigenvalue weighted by Crippen LogP contribution is -2.38. The third-order valence-corrected chi connectivity index (χ3v) is 6.63. The van der Waals surface area contributed by atoms with Gasteiger partial charge in [0.15, 0.2) is 18.1 Å². The molecule has 3 rings (SSSR count). The van der Waals surface area contributed by atoms with E-state index in [0.29, 0.717) is 30.2 Å². The number of nitrogens with one attached hydrogen (secondary N) is 1. The summed E-state index contributed by atoms with van der Waals surface area (Å²) in [5.41, 5.74) is 0.540. The van der Waals surface area contributed by atoms with Gasteiger partial charge in [-0.15, -0.1) is 0 Å². The second-order valence-electron chi connectivity index (χ2n) is 9.31. The third kappa shape index (κ3) is 8.22. The van der Waals surface area contributed by atoms with Gasteiger partial charge in [0.2, 0.25) is 0 Å². The van der Waals surface area contributed by atoms with E-state index in [-0.39, 0.29) is 18.4 Å². The summed E-state index contributed by atoms with van der Waals surface area (Å²) in [6, 6.07) is 5.16. The molecule has 7 heteroatoms. The largest absolute Gasteiger partial charge is 0.490 e. The van der Waals surface area contributed by atoms with Crippen molar-refractivity contribution in [1.29, 1.82) is 0 Å². The summed E-state index contributed by atoms with van der Waals surface area (Å²) < 4.78 is 11.5. The van der Waals surface area contributed by atoms with Crippen molar-refractivity contribution in [2.75, 3.05) is 52.5 Å². The van der Waals surface area contributed by atoms with Crippen LogP contribution in [0.3, 0.4) is 0 Å². The Morgan fingerprint density at radius 3 is 2.48 bits per heavy atom.